The van der Waals surface area contributed by atoms with Crippen LogP contribution in [-0.2, 0) is 10.9 Å². The lowest BCUT2D eigenvalue weighted by Crippen LogP contribution is -2.05. The van der Waals surface area contributed by atoms with E-state index in [2.05, 4.69) is 81.1 Å². The lowest BCUT2D eigenvalue weighted by molar-refractivity contribution is 0.444. The van der Waals surface area contributed by atoms with Gasteiger partial charge in [0, 0.05) is 0 Å². The van der Waals surface area contributed by atoms with Gasteiger partial charge in [0.15, 0.2) is 14.7 Å². The summed E-state index contributed by atoms with van der Waals surface area (Å²) in [5, 5.41) is 0. The number of hydrogen-bond donors (Lipinski definition) is 0. The van der Waals surface area contributed by atoms with E-state index in [1.54, 1.807) is 6.08 Å². The van der Waals surface area contributed by atoms with E-state index in [1.807, 2.05) is 37.3 Å². The zero-order valence-corrected chi connectivity index (χ0v) is 18.1. The third kappa shape index (κ3) is 5.52. The van der Waals surface area contributed by atoms with Gasteiger partial charge in [-0.1, -0.05) is 54.1 Å². The standard InChI is InChI=1S/C27H27OS/c1-5-7-23(8-6-2)28-24-13-19-27(20-14-24)29(25-15-9-21(3)10-16-25)26-17-11-22(4)12-18-26/h5-20H,1H2,2-4H3/q+1/b8-6-,23-7+. The topological polar surface area (TPSA) is 9.23 Å². The van der Waals surface area contributed by atoms with E-state index in [-0.39, 0.29) is 10.9 Å². The number of aryl methyl sites for hydroxylation is 2. The molecule has 0 aliphatic heterocycles. The van der Waals surface area contributed by atoms with Gasteiger partial charge < -0.3 is 4.74 Å². The quantitative estimate of drug-likeness (QED) is 0.228. The van der Waals surface area contributed by atoms with Crippen molar-refractivity contribution in [3.05, 3.63) is 121 Å². The molecule has 0 amide bonds. The average molecular weight is 400 g/mol. The lowest BCUT2D eigenvalue weighted by atomic mass is 10.2. The molecular formula is C27H27OS+. The minimum absolute atomic E-state index is 0.159. The minimum atomic E-state index is -0.159. The zero-order valence-electron chi connectivity index (χ0n) is 17.3. The summed E-state index contributed by atoms with van der Waals surface area (Å²) in [6.07, 6.45) is 7.47. The predicted octanol–water partition coefficient (Wildman–Crippen LogP) is 7.42. The van der Waals surface area contributed by atoms with Crippen molar-refractivity contribution < 1.29 is 4.74 Å². The molecule has 0 unspecified atom stereocenters. The molecule has 0 atom stereocenters. The molecule has 0 saturated heterocycles. The molecule has 3 aromatic carbocycles. The van der Waals surface area contributed by atoms with Gasteiger partial charge in [-0.15, -0.1) is 0 Å². The Balaban J connectivity index is 1.95. The molecule has 146 valence electrons. The molecular weight excluding hydrogens is 372 g/mol. The molecule has 0 N–H and O–H groups in total. The smallest absolute Gasteiger partial charge is 0.166 e. The van der Waals surface area contributed by atoms with Crippen molar-refractivity contribution in [1.29, 1.82) is 0 Å². The molecule has 0 heterocycles. The molecule has 0 saturated carbocycles. The van der Waals surface area contributed by atoms with Gasteiger partial charge in [0.2, 0.25) is 0 Å². The molecule has 0 aromatic heterocycles. The fourth-order valence-electron chi connectivity index (χ4n) is 2.94. The van der Waals surface area contributed by atoms with Gasteiger partial charge in [0.25, 0.3) is 0 Å². The van der Waals surface area contributed by atoms with Crippen LogP contribution in [0.15, 0.2) is 124 Å². The van der Waals surface area contributed by atoms with E-state index in [0.29, 0.717) is 0 Å². The summed E-state index contributed by atoms with van der Waals surface area (Å²) in [6.45, 7) is 9.97. The summed E-state index contributed by atoms with van der Waals surface area (Å²) in [4.78, 5) is 3.90. The van der Waals surface area contributed by atoms with Crippen LogP contribution in [0.25, 0.3) is 0 Å². The second-order valence-corrected chi connectivity index (χ2v) is 8.84. The van der Waals surface area contributed by atoms with Crippen LogP contribution in [0.2, 0.25) is 0 Å². The van der Waals surface area contributed by atoms with Crippen LogP contribution in [0.1, 0.15) is 18.1 Å². The predicted molar refractivity (Wildman–Crippen MR) is 125 cm³/mol. The van der Waals surface area contributed by atoms with Gasteiger partial charge in [-0.3, -0.25) is 0 Å². The largest absolute Gasteiger partial charge is 0.457 e. The molecule has 29 heavy (non-hydrogen) atoms. The SMILES string of the molecule is C=C/C=C(\C=C/C)Oc1ccc([S+](c2ccc(C)cc2)c2ccc(C)cc2)cc1. The van der Waals surface area contributed by atoms with Crippen LogP contribution in [0.3, 0.4) is 0 Å². The molecule has 1 nitrogen and oxygen atoms in total. The Morgan fingerprint density at radius 2 is 1.21 bits per heavy atom. The first-order valence-corrected chi connectivity index (χ1v) is 10.9. The highest BCUT2D eigenvalue weighted by Gasteiger charge is 2.28. The van der Waals surface area contributed by atoms with E-state index in [9.17, 15) is 0 Å². The third-order valence-corrected chi connectivity index (χ3v) is 6.65. The monoisotopic (exact) mass is 399 g/mol. The maximum Gasteiger partial charge on any atom is 0.166 e. The molecule has 2 heteroatoms. The normalized spacial score (nSPS) is 11.8. The van der Waals surface area contributed by atoms with Gasteiger partial charge in [-0.25, -0.2) is 0 Å². The van der Waals surface area contributed by atoms with Gasteiger partial charge in [-0.05, 0) is 81.5 Å². The highest BCUT2D eigenvalue weighted by molar-refractivity contribution is 7.97. The number of allylic oxidation sites excluding steroid dienone is 4. The fourth-order valence-corrected chi connectivity index (χ4v) is 4.98. The Labute approximate surface area is 177 Å². The Hall–Kier alpha value is -2.97. The van der Waals surface area contributed by atoms with Crippen LogP contribution in [0.5, 0.6) is 5.75 Å². The fraction of sp³-hybridized carbons (Fsp3) is 0.111. The highest BCUT2D eigenvalue weighted by atomic mass is 32.2. The van der Waals surface area contributed by atoms with Crippen molar-refractivity contribution in [2.75, 3.05) is 0 Å². The summed E-state index contributed by atoms with van der Waals surface area (Å²) < 4.78 is 5.98. The number of benzene rings is 3. The molecule has 0 bridgehead atoms. The second kappa shape index (κ2) is 9.99. The van der Waals surface area contributed by atoms with Crippen molar-refractivity contribution >= 4 is 10.9 Å². The van der Waals surface area contributed by atoms with Crippen molar-refractivity contribution in [3.63, 3.8) is 0 Å². The van der Waals surface area contributed by atoms with Crippen molar-refractivity contribution in [3.8, 4) is 5.75 Å². The summed E-state index contributed by atoms with van der Waals surface area (Å²) in [7, 11) is -0.159. The number of hydrogen-bond acceptors (Lipinski definition) is 1. The highest BCUT2D eigenvalue weighted by Crippen LogP contribution is 2.32. The van der Waals surface area contributed by atoms with E-state index < -0.39 is 0 Å². The molecule has 3 aromatic rings. The Bertz CT molecular complexity index is 948. The third-order valence-electron chi connectivity index (χ3n) is 4.42. The van der Waals surface area contributed by atoms with Crippen molar-refractivity contribution in [2.45, 2.75) is 35.5 Å². The Kier molecular flexibility index (Phi) is 7.15. The van der Waals surface area contributed by atoms with E-state index in [4.69, 9.17) is 4.74 Å². The van der Waals surface area contributed by atoms with Gasteiger partial charge >= 0.3 is 0 Å². The minimum Gasteiger partial charge on any atom is -0.457 e. The van der Waals surface area contributed by atoms with Gasteiger partial charge in [0.05, 0.1) is 10.9 Å². The second-order valence-electron chi connectivity index (χ2n) is 6.81. The molecule has 0 radical (unpaired) electrons. The van der Waals surface area contributed by atoms with Gasteiger partial charge in [-0.2, -0.15) is 0 Å². The molecule has 3 rings (SSSR count). The molecule has 0 aliphatic rings. The van der Waals surface area contributed by atoms with E-state index >= 15 is 0 Å². The number of ether oxygens (including phenoxy) is 1. The first kappa shape index (κ1) is 20.8. The summed E-state index contributed by atoms with van der Waals surface area (Å²) >= 11 is 0. The van der Waals surface area contributed by atoms with Gasteiger partial charge in [0.1, 0.15) is 11.5 Å². The number of rotatable bonds is 7. The van der Waals surface area contributed by atoms with Crippen LogP contribution < -0.4 is 4.74 Å². The van der Waals surface area contributed by atoms with Crippen LogP contribution in [0.4, 0.5) is 0 Å². The van der Waals surface area contributed by atoms with Crippen molar-refractivity contribution in [1.82, 2.24) is 0 Å². The zero-order chi connectivity index (χ0) is 20.6. The summed E-state index contributed by atoms with van der Waals surface area (Å²) in [6, 6.07) is 26.1. The first-order valence-electron chi connectivity index (χ1n) is 9.71. The lowest BCUT2D eigenvalue weighted by Gasteiger charge is -2.10. The Morgan fingerprint density at radius 3 is 1.62 bits per heavy atom. The molecule has 0 fully saturated rings. The van der Waals surface area contributed by atoms with Crippen LogP contribution >= 0.6 is 0 Å². The van der Waals surface area contributed by atoms with E-state index in [0.717, 1.165) is 11.5 Å². The van der Waals surface area contributed by atoms with Crippen molar-refractivity contribution in [2.24, 2.45) is 0 Å². The summed E-state index contributed by atoms with van der Waals surface area (Å²) in [5.74, 6) is 1.59. The van der Waals surface area contributed by atoms with E-state index in [1.165, 1.54) is 25.8 Å². The summed E-state index contributed by atoms with van der Waals surface area (Å²) in [5.41, 5.74) is 2.55. The average Bonchev–Trinajstić information content (AvgIpc) is 2.73. The molecule has 0 spiro atoms. The molecule has 0 aliphatic carbocycles. The van der Waals surface area contributed by atoms with Crippen LogP contribution in [-0.4, -0.2) is 0 Å². The maximum absolute atomic E-state index is 5.98. The maximum atomic E-state index is 5.98. The first-order chi connectivity index (χ1) is 14.1. The Morgan fingerprint density at radius 1 is 0.759 bits per heavy atom. The van der Waals surface area contributed by atoms with Crippen LogP contribution in [0, 0.1) is 13.8 Å².